The molecule has 0 radical (unpaired) electrons. The molecule has 0 spiro atoms. The molecule has 25 heavy (non-hydrogen) atoms. The van der Waals surface area contributed by atoms with Crippen molar-refractivity contribution in [1.82, 2.24) is 14.9 Å². The first-order valence-corrected chi connectivity index (χ1v) is 10.7. The molecule has 4 nitrogen and oxygen atoms in total. The van der Waals surface area contributed by atoms with Gasteiger partial charge in [-0.05, 0) is 36.6 Å². The van der Waals surface area contributed by atoms with Crippen molar-refractivity contribution in [2.45, 2.75) is 17.9 Å². The highest BCUT2D eigenvalue weighted by Gasteiger charge is 2.19. The second-order valence-electron chi connectivity index (χ2n) is 5.89. The Bertz CT molecular complexity index is 904. The number of halogens is 1. The van der Waals surface area contributed by atoms with Crippen molar-refractivity contribution in [2.24, 2.45) is 0 Å². The van der Waals surface area contributed by atoms with E-state index in [-0.39, 0.29) is 5.91 Å². The monoisotopic (exact) mass is 433 g/mol. The Morgan fingerprint density at radius 1 is 1.20 bits per heavy atom. The fourth-order valence-electron chi connectivity index (χ4n) is 2.88. The maximum atomic E-state index is 12.3. The molecule has 3 heterocycles. The van der Waals surface area contributed by atoms with Gasteiger partial charge in [0.1, 0.15) is 11.4 Å². The highest BCUT2D eigenvalue weighted by Crippen LogP contribution is 2.37. The van der Waals surface area contributed by atoms with Gasteiger partial charge in [0.2, 0.25) is 5.91 Å². The number of thioether (sulfide) groups is 1. The van der Waals surface area contributed by atoms with Gasteiger partial charge in [-0.3, -0.25) is 4.79 Å². The first-order valence-electron chi connectivity index (χ1n) is 8.12. The lowest BCUT2D eigenvalue weighted by Crippen LogP contribution is -2.29. The summed E-state index contributed by atoms with van der Waals surface area (Å²) in [7, 11) is 0. The lowest BCUT2D eigenvalue weighted by atomic mass is 10.2. The van der Waals surface area contributed by atoms with Crippen LogP contribution >= 0.6 is 39.0 Å². The fraction of sp³-hybridized carbons (Fsp3) is 0.278. The number of nitrogens with zero attached hydrogens (tertiary/aromatic N) is 3. The second-order valence-corrected chi connectivity index (χ2v) is 8.82. The van der Waals surface area contributed by atoms with Crippen LogP contribution in [0.1, 0.15) is 12.8 Å². The standard InChI is InChI=1S/C18H16BrN3OS2/c19-13-5-3-12(4-6-13)15-9-14-17(25-15)18(21-11-20-14)24-10-16(23)22-7-1-2-8-22/h3-6,9,11H,1-2,7-8,10H2. The summed E-state index contributed by atoms with van der Waals surface area (Å²) in [6.07, 6.45) is 3.83. The number of carbonyl (C=O) groups is 1. The minimum Gasteiger partial charge on any atom is -0.342 e. The van der Waals surface area contributed by atoms with E-state index in [1.165, 1.54) is 11.8 Å². The summed E-state index contributed by atoms with van der Waals surface area (Å²) in [6, 6.07) is 10.3. The van der Waals surface area contributed by atoms with Crippen LogP contribution < -0.4 is 0 Å². The van der Waals surface area contributed by atoms with E-state index in [2.05, 4.69) is 44.1 Å². The Kier molecular flexibility index (Phi) is 5.05. The summed E-state index contributed by atoms with van der Waals surface area (Å²) in [5.41, 5.74) is 2.10. The maximum absolute atomic E-state index is 12.3. The summed E-state index contributed by atoms with van der Waals surface area (Å²) in [5, 5.41) is 0.894. The quantitative estimate of drug-likeness (QED) is 0.436. The Morgan fingerprint density at radius 3 is 2.72 bits per heavy atom. The molecular formula is C18H16BrN3OS2. The van der Waals surface area contributed by atoms with E-state index < -0.39 is 0 Å². The van der Waals surface area contributed by atoms with Crippen LogP contribution in [0.4, 0.5) is 0 Å². The van der Waals surface area contributed by atoms with Crippen molar-refractivity contribution >= 4 is 55.2 Å². The Morgan fingerprint density at radius 2 is 1.96 bits per heavy atom. The molecule has 1 saturated heterocycles. The molecular weight excluding hydrogens is 418 g/mol. The number of rotatable bonds is 4. The average Bonchev–Trinajstić information content (AvgIpc) is 3.30. The molecule has 1 aliphatic rings. The molecule has 7 heteroatoms. The summed E-state index contributed by atoms with van der Waals surface area (Å²) in [6.45, 7) is 1.79. The number of hydrogen-bond donors (Lipinski definition) is 0. The molecule has 0 atom stereocenters. The van der Waals surface area contributed by atoms with Gasteiger partial charge >= 0.3 is 0 Å². The molecule has 0 unspecified atom stereocenters. The smallest absolute Gasteiger partial charge is 0.232 e. The minimum atomic E-state index is 0.207. The van der Waals surface area contributed by atoms with Crippen molar-refractivity contribution in [1.29, 1.82) is 0 Å². The molecule has 1 amide bonds. The van der Waals surface area contributed by atoms with Gasteiger partial charge in [-0.25, -0.2) is 9.97 Å². The largest absolute Gasteiger partial charge is 0.342 e. The van der Waals surface area contributed by atoms with E-state index in [0.717, 1.165) is 56.1 Å². The molecule has 2 aromatic heterocycles. The number of aromatic nitrogens is 2. The summed E-state index contributed by atoms with van der Waals surface area (Å²) in [4.78, 5) is 24.2. The van der Waals surface area contributed by atoms with Gasteiger partial charge < -0.3 is 4.90 Å². The van der Waals surface area contributed by atoms with Crippen molar-refractivity contribution in [3.63, 3.8) is 0 Å². The van der Waals surface area contributed by atoms with Crippen LogP contribution in [0.3, 0.4) is 0 Å². The van der Waals surface area contributed by atoms with Gasteiger partial charge in [0.05, 0.1) is 16.0 Å². The van der Waals surface area contributed by atoms with E-state index in [0.29, 0.717) is 5.75 Å². The molecule has 3 aromatic rings. The molecule has 4 rings (SSSR count). The molecule has 1 aliphatic heterocycles. The lowest BCUT2D eigenvalue weighted by molar-refractivity contribution is -0.127. The Labute approximate surface area is 162 Å². The number of hydrogen-bond acceptors (Lipinski definition) is 5. The fourth-order valence-corrected chi connectivity index (χ4v) is 5.25. The van der Waals surface area contributed by atoms with Crippen LogP contribution in [-0.2, 0) is 4.79 Å². The summed E-state index contributed by atoms with van der Waals surface area (Å²) in [5.74, 6) is 0.649. The van der Waals surface area contributed by atoms with E-state index in [4.69, 9.17) is 0 Å². The van der Waals surface area contributed by atoms with Gasteiger partial charge in [-0.2, -0.15) is 0 Å². The normalized spacial score (nSPS) is 14.4. The number of carbonyl (C=O) groups excluding carboxylic acids is 1. The Hall–Kier alpha value is -1.44. The third-order valence-electron chi connectivity index (χ3n) is 4.20. The summed E-state index contributed by atoms with van der Waals surface area (Å²) < 4.78 is 2.12. The van der Waals surface area contributed by atoms with E-state index in [1.54, 1.807) is 17.7 Å². The molecule has 0 N–H and O–H groups in total. The first kappa shape index (κ1) is 17.0. The van der Waals surface area contributed by atoms with Gasteiger partial charge in [0.15, 0.2) is 0 Å². The molecule has 0 saturated carbocycles. The molecule has 0 aliphatic carbocycles. The van der Waals surface area contributed by atoms with Gasteiger partial charge in [0.25, 0.3) is 0 Å². The van der Waals surface area contributed by atoms with Crippen molar-refractivity contribution < 1.29 is 4.79 Å². The van der Waals surface area contributed by atoms with Crippen LogP contribution in [0.15, 0.2) is 46.2 Å². The van der Waals surface area contributed by atoms with Gasteiger partial charge in [-0.1, -0.05) is 39.8 Å². The van der Waals surface area contributed by atoms with Crippen LogP contribution in [0, 0.1) is 0 Å². The predicted octanol–water partition coefficient (Wildman–Crippen LogP) is 4.84. The van der Waals surface area contributed by atoms with E-state index in [9.17, 15) is 4.79 Å². The SMILES string of the molecule is O=C(CSc1ncnc2cc(-c3ccc(Br)cc3)sc12)N1CCCC1. The Balaban J connectivity index is 1.57. The van der Waals surface area contributed by atoms with Crippen molar-refractivity contribution in [3.05, 3.63) is 41.1 Å². The molecule has 0 bridgehead atoms. The average molecular weight is 434 g/mol. The van der Waals surface area contributed by atoms with Crippen LogP contribution in [0.2, 0.25) is 0 Å². The third kappa shape index (κ3) is 3.73. The highest BCUT2D eigenvalue weighted by molar-refractivity contribution is 9.10. The lowest BCUT2D eigenvalue weighted by Gasteiger charge is -2.14. The van der Waals surface area contributed by atoms with Crippen molar-refractivity contribution in [2.75, 3.05) is 18.8 Å². The van der Waals surface area contributed by atoms with Crippen LogP contribution in [-0.4, -0.2) is 39.6 Å². The summed E-state index contributed by atoms with van der Waals surface area (Å²) >= 11 is 6.67. The molecule has 128 valence electrons. The molecule has 1 fully saturated rings. The highest BCUT2D eigenvalue weighted by atomic mass is 79.9. The van der Waals surface area contributed by atoms with Gasteiger partial charge in [-0.15, -0.1) is 11.3 Å². The zero-order chi connectivity index (χ0) is 17.2. The van der Waals surface area contributed by atoms with Crippen LogP contribution in [0.25, 0.3) is 20.7 Å². The first-order chi connectivity index (χ1) is 12.2. The zero-order valence-electron chi connectivity index (χ0n) is 13.4. The number of fused-ring (bicyclic) bond motifs is 1. The minimum absolute atomic E-state index is 0.207. The second kappa shape index (κ2) is 7.43. The van der Waals surface area contributed by atoms with Crippen molar-refractivity contribution in [3.8, 4) is 10.4 Å². The topological polar surface area (TPSA) is 46.1 Å². The molecule has 1 aromatic carbocycles. The van der Waals surface area contributed by atoms with E-state index in [1.807, 2.05) is 17.0 Å². The number of thiophene rings is 1. The number of benzene rings is 1. The van der Waals surface area contributed by atoms with Gasteiger partial charge in [0, 0.05) is 22.4 Å². The zero-order valence-corrected chi connectivity index (χ0v) is 16.7. The number of likely N-dealkylation sites (tertiary alicyclic amines) is 1. The number of amides is 1. The van der Waals surface area contributed by atoms with E-state index >= 15 is 0 Å². The third-order valence-corrected chi connectivity index (χ3v) is 7.01. The van der Waals surface area contributed by atoms with Crippen LogP contribution in [0.5, 0.6) is 0 Å². The maximum Gasteiger partial charge on any atom is 0.232 e. The predicted molar refractivity (Wildman–Crippen MR) is 107 cm³/mol.